The average Bonchev–Trinajstić information content (AvgIpc) is 2.35. The van der Waals surface area contributed by atoms with Crippen molar-refractivity contribution < 1.29 is 19.7 Å². The zero-order chi connectivity index (χ0) is 14.6. The summed E-state index contributed by atoms with van der Waals surface area (Å²) in [6, 6.07) is 1.77. The SMILES string of the molecule is O=C(O)[C@H](CS)Nc1ccc([N+](=O)[O-])cc1[N+](=O)[O-]. The molecule has 0 spiro atoms. The van der Waals surface area contributed by atoms with E-state index in [0.29, 0.717) is 0 Å². The topological polar surface area (TPSA) is 136 Å². The van der Waals surface area contributed by atoms with Gasteiger partial charge in [0.1, 0.15) is 11.7 Å². The first-order valence-electron chi connectivity index (χ1n) is 4.90. The number of nitrogens with zero attached hydrogens (tertiary/aromatic N) is 2. The fourth-order valence-electron chi connectivity index (χ4n) is 1.28. The average molecular weight is 287 g/mol. The molecule has 0 heterocycles. The van der Waals surface area contributed by atoms with E-state index in [-0.39, 0.29) is 11.4 Å². The summed E-state index contributed by atoms with van der Waals surface area (Å²) in [6.07, 6.45) is 0. The summed E-state index contributed by atoms with van der Waals surface area (Å²) in [7, 11) is 0. The van der Waals surface area contributed by atoms with Gasteiger partial charge in [0.15, 0.2) is 0 Å². The lowest BCUT2D eigenvalue weighted by Gasteiger charge is -2.13. The van der Waals surface area contributed by atoms with Gasteiger partial charge in [-0.1, -0.05) is 0 Å². The molecule has 1 aromatic rings. The van der Waals surface area contributed by atoms with E-state index in [4.69, 9.17) is 5.11 Å². The molecule has 1 aromatic carbocycles. The quantitative estimate of drug-likeness (QED) is 0.407. The van der Waals surface area contributed by atoms with Crippen molar-refractivity contribution in [3.05, 3.63) is 38.4 Å². The summed E-state index contributed by atoms with van der Waals surface area (Å²) in [4.78, 5) is 30.5. The van der Waals surface area contributed by atoms with Crippen molar-refractivity contribution in [3.63, 3.8) is 0 Å². The number of carboxylic acid groups (broad SMARTS) is 1. The Bertz CT molecular complexity index is 535. The minimum atomic E-state index is -1.23. The van der Waals surface area contributed by atoms with Crippen LogP contribution < -0.4 is 5.32 Å². The van der Waals surface area contributed by atoms with E-state index in [2.05, 4.69) is 17.9 Å². The molecule has 10 heteroatoms. The number of aliphatic carboxylic acids is 1. The van der Waals surface area contributed by atoms with Gasteiger partial charge in [-0.15, -0.1) is 0 Å². The highest BCUT2D eigenvalue weighted by molar-refractivity contribution is 7.80. The molecule has 0 aliphatic heterocycles. The molecule has 0 saturated heterocycles. The fourth-order valence-corrected chi connectivity index (χ4v) is 1.53. The Morgan fingerprint density at radius 2 is 2.00 bits per heavy atom. The third-order valence-corrected chi connectivity index (χ3v) is 2.56. The van der Waals surface area contributed by atoms with Crippen molar-refractivity contribution in [1.29, 1.82) is 0 Å². The van der Waals surface area contributed by atoms with Crippen molar-refractivity contribution >= 4 is 35.7 Å². The van der Waals surface area contributed by atoms with Crippen LogP contribution in [0.25, 0.3) is 0 Å². The van der Waals surface area contributed by atoms with E-state index in [1.807, 2.05) is 0 Å². The van der Waals surface area contributed by atoms with Crippen LogP contribution >= 0.6 is 12.6 Å². The predicted octanol–water partition coefficient (Wildman–Crippen LogP) is 1.30. The van der Waals surface area contributed by atoms with Crippen LogP contribution in [0.2, 0.25) is 0 Å². The summed E-state index contributed by atoms with van der Waals surface area (Å²) < 4.78 is 0. The van der Waals surface area contributed by atoms with Gasteiger partial charge in [0.25, 0.3) is 11.4 Å². The van der Waals surface area contributed by atoms with Gasteiger partial charge in [0.2, 0.25) is 0 Å². The molecule has 19 heavy (non-hydrogen) atoms. The molecule has 0 unspecified atom stereocenters. The zero-order valence-electron chi connectivity index (χ0n) is 9.35. The molecule has 1 rings (SSSR count). The third-order valence-electron chi connectivity index (χ3n) is 2.20. The lowest BCUT2D eigenvalue weighted by molar-refractivity contribution is -0.393. The van der Waals surface area contributed by atoms with Crippen molar-refractivity contribution in [2.45, 2.75) is 6.04 Å². The smallest absolute Gasteiger partial charge is 0.326 e. The zero-order valence-corrected chi connectivity index (χ0v) is 10.2. The third kappa shape index (κ3) is 3.55. The summed E-state index contributed by atoms with van der Waals surface area (Å²) in [5.41, 5.74) is -1.13. The van der Waals surface area contributed by atoms with E-state index in [1.54, 1.807) is 0 Å². The fraction of sp³-hybridized carbons (Fsp3) is 0.222. The summed E-state index contributed by atoms with van der Waals surface area (Å²) >= 11 is 3.80. The van der Waals surface area contributed by atoms with Gasteiger partial charge in [-0.2, -0.15) is 12.6 Å². The van der Waals surface area contributed by atoms with Crippen molar-refractivity contribution in [2.24, 2.45) is 0 Å². The highest BCUT2D eigenvalue weighted by Crippen LogP contribution is 2.29. The van der Waals surface area contributed by atoms with Crippen LogP contribution in [-0.4, -0.2) is 32.7 Å². The van der Waals surface area contributed by atoms with Gasteiger partial charge in [0, 0.05) is 11.8 Å². The van der Waals surface area contributed by atoms with Crippen LogP contribution in [0.15, 0.2) is 18.2 Å². The highest BCUT2D eigenvalue weighted by atomic mass is 32.1. The molecule has 0 aliphatic carbocycles. The number of anilines is 1. The Hall–Kier alpha value is -2.36. The van der Waals surface area contributed by atoms with Gasteiger partial charge < -0.3 is 10.4 Å². The Balaban J connectivity index is 3.16. The maximum atomic E-state index is 10.8. The first kappa shape index (κ1) is 14.7. The number of nitro groups is 2. The number of benzene rings is 1. The van der Waals surface area contributed by atoms with Gasteiger partial charge >= 0.3 is 5.97 Å². The normalized spacial score (nSPS) is 11.6. The molecule has 1 atom stereocenters. The van der Waals surface area contributed by atoms with Crippen LogP contribution in [0.1, 0.15) is 0 Å². The molecule has 9 nitrogen and oxygen atoms in total. The highest BCUT2D eigenvalue weighted by Gasteiger charge is 2.23. The second-order valence-corrected chi connectivity index (χ2v) is 3.80. The Kier molecular flexibility index (Phi) is 4.64. The standard InChI is InChI=1S/C9H9N3O6S/c13-9(14)7(4-19)10-6-2-1-5(11(15)16)3-8(6)12(17)18/h1-3,7,10,19H,4H2,(H,13,14)/t7-/m0/s1. The first-order valence-corrected chi connectivity index (χ1v) is 5.53. The summed E-state index contributed by atoms with van der Waals surface area (Å²) in [5.74, 6) is -1.33. The molecule has 2 N–H and O–H groups in total. The van der Waals surface area contributed by atoms with Crippen molar-refractivity contribution in [1.82, 2.24) is 0 Å². The van der Waals surface area contributed by atoms with Crippen molar-refractivity contribution in [2.75, 3.05) is 11.1 Å². The molecular weight excluding hydrogens is 278 g/mol. The number of carbonyl (C=O) groups is 1. The minimum absolute atomic E-state index is 0.0938. The molecular formula is C9H9N3O6S. The van der Waals surface area contributed by atoms with E-state index in [1.165, 1.54) is 0 Å². The monoisotopic (exact) mass is 287 g/mol. The van der Waals surface area contributed by atoms with Crippen LogP contribution in [0.3, 0.4) is 0 Å². The number of rotatable bonds is 6. The van der Waals surface area contributed by atoms with Gasteiger partial charge in [-0.25, -0.2) is 4.79 Å². The molecule has 0 fully saturated rings. The van der Waals surface area contributed by atoms with Crippen LogP contribution in [0.5, 0.6) is 0 Å². The number of nitrogens with one attached hydrogen (secondary N) is 1. The number of carboxylic acids is 1. The number of hydrogen-bond acceptors (Lipinski definition) is 7. The van der Waals surface area contributed by atoms with Crippen LogP contribution in [-0.2, 0) is 4.79 Å². The predicted molar refractivity (Wildman–Crippen MR) is 68.7 cm³/mol. The lowest BCUT2D eigenvalue weighted by Crippen LogP contribution is -2.31. The summed E-state index contributed by atoms with van der Waals surface area (Å²) in [5, 5.41) is 32.6. The number of non-ortho nitro benzene ring substituents is 1. The minimum Gasteiger partial charge on any atom is -0.480 e. The molecule has 0 aromatic heterocycles. The summed E-state index contributed by atoms with van der Waals surface area (Å²) in [6.45, 7) is 0. The van der Waals surface area contributed by atoms with E-state index >= 15 is 0 Å². The second-order valence-electron chi connectivity index (χ2n) is 3.43. The van der Waals surface area contributed by atoms with Crippen molar-refractivity contribution in [3.8, 4) is 0 Å². The number of nitro benzene ring substituents is 2. The van der Waals surface area contributed by atoms with E-state index < -0.39 is 33.2 Å². The van der Waals surface area contributed by atoms with E-state index in [9.17, 15) is 25.0 Å². The number of thiol groups is 1. The van der Waals surface area contributed by atoms with E-state index in [0.717, 1.165) is 18.2 Å². The van der Waals surface area contributed by atoms with Gasteiger partial charge in [-0.05, 0) is 6.07 Å². The Morgan fingerprint density at radius 3 is 2.42 bits per heavy atom. The Labute approximate surface area is 111 Å². The van der Waals surface area contributed by atoms with Gasteiger partial charge in [-0.3, -0.25) is 20.2 Å². The van der Waals surface area contributed by atoms with Gasteiger partial charge in [0.05, 0.1) is 15.9 Å². The Morgan fingerprint density at radius 1 is 1.37 bits per heavy atom. The molecule has 0 bridgehead atoms. The van der Waals surface area contributed by atoms with Crippen LogP contribution in [0.4, 0.5) is 17.1 Å². The van der Waals surface area contributed by atoms with Crippen LogP contribution in [0, 0.1) is 20.2 Å². The lowest BCUT2D eigenvalue weighted by atomic mass is 10.2. The second kappa shape index (κ2) is 6.00. The maximum Gasteiger partial charge on any atom is 0.326 e. The first-order chi connectivity index (χ1) is 8.86. The maximum absolute atomic E-state index is 10.8. The largest absolute Gasteiger partial charge is 0.480 e. The molecule has 0 radical (unpaired) electrons. The molecule has 0 saturated carbocycles. The molecule has 0 amide bonds. The molecule has 0 aliphatic rings. The molecule has 102 valence electrons. The number of hydrogen-bond donors (Lipinski definition) is 3.